The summed E-state index contributed by atoms with van der Waals surface area (Å²) in [7, 11) is 0. The Kier molecular flexibility index (Phi) is 3.47. The third-order valence-electron chi connectivity index (χ3n) is 8.04. The molecule has 0 N–H and O–H groups in total. The molecule has 0 spiro atoms. The van der Waals surface area contributed by atoms with Gasteiger partial charge in [-0.15, -0.1) is 0 Å². The molecule has 47 heavy (non-hydrogen) atoms. The summed E-state index contributed by atoms with van der Waals surface area (Å²) in [4.78, 5) is 4.79. The Hall–Kier alpha value is -6.25. The number of nitrogens with zero attached hydrogens (tertiary/aromatic N) is 2. The number of fused-ring (bicyclic) bond motifs is 3. The highest BCUT2D eigenvalue weighted by atomic mass is 15.1. The van der Waals surface area contributed by atoms with Crippen LogP contribution in [0.2, 0.25) is 0 Å². The molecule has 0 aliphatic heterocycles. The molecular weight excluding hydrogens is 569 g/mol. The van der Waals surface area contributed by atoms with E-state index in [2.05, 4.69) is 0 Å². The number of imidazole rings is 1. The molecule has 0 aliphatic carbocycles. The van der Waals surface area contributed by atoms with Crippen molar-refractivity contribution in [1.82, 2.24) is 9.55 Å². The molecule has 0 fully saturated rings. The van der Waals surface area contributed by atoms with E-state index in [1.54, 1.807) is 48.5 Å². The Morgan fingerprint density at radius 2 is 0.851 bits per heavy atom. The van der Waals surface area contributed by atoms with Gasteiger partial charge in [-0.1, -0.05) is 157 Å². The van der Waals surface area contributed by atoms with Gasteiger partial charge in [-0.05, 0) is 79.1 Å². The van der Waals surface area contributed by atoms with Crippen molar-refractivity contribution >= 4 is 32.6 Å². The largest absolute Gasteiger partial charge is 0.292 e. The van der Waals surface area contributed by atoms with Gasteiger partial charge in [0.25, 0.3) is 0 Å². The van der Waals surface area contributed by atoms with Crippen molar-refractivity contribution in [3.8, 4) is 50.5 Å². The van der Waals surface area contributed by atoms with Gasteiger partial charge in [-0.2, -0.15) is 0 Å². The molecule has 2 nitrogen and oxygen atoms in total. The van der Waals surface area contributed by atoms with Crippen LogP contribution in [0.25, 0.3) is 83.0 Å². The summed E-state index contributed by atoms with van der Waals surface area (Å²) in [6.07, 6.45) is 0. The van der Waals surface area contributed by atoms with Crippen molar-refractivity contribution < 1.29 is 24.7 Å². The predicted octanol–water partition coefficient (Wildman–Crippen LogP) is 12.0. The first-order valence-electron chi connectivity index (χ1n) is 23.6. The highest BCUT2D eigenvalue weighted by molar-refractivity contribution is 6.21. The standard InChI is InChI=1S/C45H30N2/c1-3-13-31(14-4-1)32-23-25-33(26-24-32)43-37-17-7-9-19-39(37)44(40-20-10-8-18-38(40)43)34-27-29-35(30-28-34)45-46-41-21-11-12-22-42(41)47(45)36-15-5-2-6-16-36/h1-30H/i1D,2D,3D,4D,5D,6D,7D,8D,9D,10D,13D,14D,15D,16D,17D,18D,19D,20D. The first-order chi connectivity index (χ1) is 30.8. The van der Waals surface area contributed by atoms with E-state index in [0.717, 1.165) is 0 Å². The van der Waals surface area contributed by atoms with Crippen LogP contribution in [0.4, 0.5) is 0 Å². The van der Waals surface area contributed by atoms with E-state index >= 15 is 0 Å². The van der Waals surface area contributed by atoms with E-state index in [0.29, 0.717) is 16.6 Å². The van der Waals surface area contributed by atoms with Gasteiger partial charge in [0, 0.05) is 11.3 Å². The molecule has 0 saturated heterocycles. The van der Waals surface area contributed by atoms with E-state index in [1.165, 1.54) is 28.8 Å². The molecule has 9 aromatic rings. The van der Waals surface area contributed by atoms with Crippen LogP contribution in [0.15, 0.2) is 182 Å². The Balaban J connectivity index is 1.34. The van der Waals surface area contributed by atoms with Crippen LogP contribution in [0.5, 0.6) is 0 Å². The number of rotatable bonds is 5. The van der Waals surface area contributed by atoms with E-state index < -0.39 is 109 Å². The van der Waals surface area contributed by atoms with E-state index in [-0.39, 0.29) is 66.4 Å². The highest BCUT2D eigenvalue weighted by Crippen LogP contribution is 2.44. The maximum atomic E-state index is 9.31. The fourth-order valence-corrected chi connectivity index (χ4v) is 5.99. The topological polar surface area (TPSA) is 17.8 Å². The smallest absolute Gasteiger partial charge is 0.145 e. The SMILES string of the molecule is [2H]c1c([2H])c([2H])c(-c2ccc(-c3c4c([2H])c([2H])c([2H])c([2H])c4c(-c4ccc(-c5nc6ccccc6n5-c5c([2H])c([2H])c([2H])c([2H])c5[2H])cc4)c4c([2H])c([2H])c([2H])c([2H])c34)cc2)c([2H])c1[2H]. The summed E-state index contributed by atoms with van der Waals surface area (Å²) >= 11 is 0. The third-order valence-corrected chi connectivity index (χ3v) is 8.04. The second kappa shape index (κ2) is 11.3. The lowest BCUT2D eigenvalue weighted by Gasteiger charge is -2.18. The van der Waals surface area contributed by atoms with E-state index in [4.69, 9.17) is 24.2 Å². The summed E-state index contributed by atoms with van der Waals surface area (Å²) in [5, 5.41) is -0.244. The minimum absolute atomic E-state index is 0.0503. The molecule has 1 heterocycles. The van der Waals surface area contributed by atoms with Crippen molar-refractivity contribution in [3.63, 3.8) is 0 Å². The Bertz CT molecular complexity index is 3430. The fraction of sp³-hybridized carbons (Fsp3) is 0. The van der Waals surface area contributed by atoms with Gasteiger partial charge >= 0.3 is 0 Å². The summed E-state index contributed by atoms with van der Waals surface area (Å²) in [5.41, 5.74) is 1.99. The maximum Gasteiger partial charge on any atom is 0.145 e. The van der Waals surface area contributed by atoms with Crippen LogP contribution >= 0.6 is 0 Å². The van der Waals surface area contributed by atoms with E-state index in [1.807, 2.05) is 0 Å². The molecular formula is C45H30N2. The molecule has 0 radical (unpaired) electrons. The van der Waals surface area contributed by atoms with Crippen molar-refractivity contribution in [2.45, 2.75) is 0 Å². The summed E-state index contributed by atoms with van der Waals surface area (Å²) < 4.78 is 157. The first-order valence-corrected chi connectivity index (χ1v) is 14.6. The van der Waals surface area contributed by atoms with Crippen molar-refractivity contribution in [2.24, 2.45) is 0 Å². The van der Waals surface area contributed by atoms with Gasteiger partial charge in [-0.25, -0.2) is 4.98 Å². The average Bonchev–Trinajstić information content (AvgIpc) is 3.69. The van der Waals surface area contributed by atoms with Crippen molar-refractivity contribution in [1.29, 1.82) is 0 Å². The number of aromatic nitrogens is 2. The van der Waals surface area contributed by atoms with Crippen LogP contribution in [-0.2, 0) is 0 Å². The van der Waals surface area contributed by atoms with Crippen molar-refractivity contribution in [3.05, 3.63) is 182 Å². The first kappa shape index (κ1) is 14.5. The molecule has 1 aromatic heterocycles. The van der Waals surface area contributed by atoms with Crippen LogP contribution in [0.3, 0.4) is 0 Å². The van der Waals surface area contributed by atoms with Crippen molar-refractivity contribution in [2.75, 3.05) is 0 Å². The zero-order valence-corrected chi connectivity index (χ0v) is 24.3. The molecule has 9 rings (SSSR count). The number of hydrogen-bond acceptors (Lipinski definition) is 1. The summed E-state index contributed by atoms with van der Waals surface area (Å²) in [6, 6.07) is 9.78. The lowest BCUT2D eigenvalue weighted by molar-refractivity contribution is 1.10. The quantitative estimate of drug-likeness (QED) is 0.176. The monoisotopic (exact) mass is 616 g/mol. The normalized spacial score (nSPS) is 16.8. The minimum Gasteiger partial charge on any atom is -0.292 e. The lowest BCUT2D eigenvalue weighted by Crippen LogP contribution is -1.97. The van der Waals surface area contributed by atoms with Crippen LogP contribution in [-0.4, -0.2) is 9.55 Å². The number of para-hydroxylation sites is 3. The minimum atomic E-state index is -0.604. The molecule has 0 amide bonds. The van der Waals surface area contributed by atoms with Crippen LogP contribution < -0.4 is 0 Å². The molecule has 0 saturated carbocycles. The zero-order valence-electron chi connectivity index (χ0n) is 42.3. The fourth-order valence-electron chi connectivity index (χ4n) is 5.99. The second-order valence-corrected chi connectivity index (χ2v) is 10.6. The van der Waals surface area contributed by atoms with Gasteiger partial charge in [-0.3, -0.25) is 4.57 Å². The second-order valence-electron chi connectivity index (χ2n) is 10.6. The summed E-state index contributed by atoms with van der Waals surface area (Å²) in [6.45, 7) is 0. The van der Waals surface area contributed by atoms with Gasteiger partial charge < -0.3 is 0 Å². The van der Waals surface area contributed by atoms with Crippen LogP contribution in [0, 0.1) is 0 Å². The van der Waals surface area contributed by atoms with Gasteiger partial charge in [0.15, 0.2) is 0 Å². The zero-order chi connectivity index (χ0) is 46.8. The lowest BCUT2D eigenvalue weighted by atomic mass is 9.85. The van der Waals surface area contributed by atoms with Crippen LogP contribution in [0.1, 0.15) is 24.7 Å². The molecule has 2 heteroatoms. The third kappa shape index (κ3) is 4.62. The van der Waals surface area contributed by atoms with E-state index in [9.17, 15) is 5.48 Å². The van der Waals surface area contributed by atoms with Gasteiger partial charge in [0.2, 0.25) is 0 Å². The predicted molar refractivity (Wildman–Crippen MR) is 198 cm³/mol. The van der Waals surface area contributed by atoms with Gasteiger partial charge in [0.1, 0.15) is 5.82 Å². The Labute approximate surface area is 299 Å². The molecule has 0 atom stereocenters. The Morgan fingerprint density at radius 3 is 1.40 bits per heavy atom. The molecule has 220 valence electrons. The summed E-state index contributed by atoms with van der Waals surface area (Å²) in [5.74, 6) is 0.206. The average molecular weight is 617 g/mol. The maximum absolute atomic E-state index is 9.31. The molecule has 0 aliphatic rings. The van der Waals surface area contributed by atoms with Gasteiger partial charge in [0.05, 0.1) is 35.7 Å². The highest BCUT2D eigenvalue weighted by Gasteiger charge is 2.18. The Morgan fingerprint density at radius 1 is 0.404 bits per heavy atom. The number of benzene rings is 8. The molecule has 0 unspecified atom stereocenters. The number of hydrogen-bond donors (Lipinski definition) is 0. The molecule has 8 aromatic carbocycles. The molecule has 0 bridgehead atoms.